The van der Waals surface area contributed by atoms with E-state index < -0.39 is 0 Å². The number of amides is 2. The Balaban J connectivity index is 2.03. The number of hydrogen-bond donors (Lipinski definition) is 1. The molecule has 2 amide bonds. The molecule has 0 saturated carbocycles. The third-order valence-electron chi connectivity index (χ3n) is 3.44. The Morgan fingerprint density at radius 3 is 2.77 bits per heavy atom. The zero-order valence-corrected chi connectivity index (χ0v) is 13.7. The first-order valence-electron chi connectivity index (χ1n) is 6.92. The smallest absolute Gasteiger partial charge is 0.240 e. The Kier molecular flexibility index (Phi) is 5.54. The number of nitrogens with zero attached hydrogens (tertiary/aromatic N) is 1. The molecule has 1 aromatic rings. The van der Waals surface area contributed by atoms with E-state index in [9.17, 15) is 9.59 Å². The molecule has 1 aliphatic rings. The lowest BCUT2D eigenvalue weighted by atomic mass is 10.1. The van der Waals surface area contributed by atoms with Crippen LogP contribution in [0.5, 0.6) is 11.5 Å². The van der Waals surface area contributed by atoms with Crippen molar-refractivity contribution in [3.63, 3.8) is 0 Å². The summed E-state index contributed by atoms with van der Waals surface area (Å²) in [5.41, 5.74) is 0.831. The third-order valence-corrected chi connectivity index (χ3v) is 4.39. The maximum absolute atomic E-state index is 12.1. The van der Waals surface area contributed by atoms with E-state index in [0.29, 0.717) is 23.1 Å². The quantitative estimate of drug-likeness (QED) is 0.857. The van der Waals surface area contributed by atoms with Gasteiger partial charge in [-0.1, -0.05) is 0 Å². The molecule has 6 nitrogen and oxygen atoms in total. The van der Waals surface area contributed by atoms with Crippen LogP contribution in [0.1, 0.15) is 18.5 Å². The third kappa shape index (κ3) is 3.85. The maximum atomic E-state index is 12.1. The molecular formula is C15H20N2O4S. The molecule has 1 aromatic carbocycles. The maximum Gasteiger partial charge on any atom is 0.240 e. The summed E-state index contributed by atoms with van der Waals surface area (Å²) in [5, 5.41) is 2.89. The van der Waals surface area contributed by atoms with Gasteiger partial charge < -0.3 is 19.7 Å². The van der Waals surface area contributed by atoms with Crippen molar-refractivity contribution in [2.24, 2.45) is 0 Å². The Hall–Kier alpha value is -1.89. The fourth-order valence-corrected chi connectivity index (χ4v) is 3.16. The van der Waals surface area contributed by atoms with E-state index in [2.05, 4.69) is 5.32 Å². The highest BCUT2D eigenvalue weighted by molar-refractivity contribution is 8.00. The molecular weight excluding hydrogens is 304 g/mol. The van der Waals surface area contributed by atoms with Gasteiger partial charge in [-0.05, 0) is 25.1 Å². The predicted molar refractivity (Wildman–Crippen MR) is 85.1 cm³/mol. The summed E-state index contributed by atoms with van der Waals surface area (Å²) in [6, 6.07) is 5.19. The lowest BCUT2D eigenvalue weighted by Gasteiger charge is -2.20. The number of nitrogens with one attached hydrogen (secondary N) is 1. The first kappa shape index (κ1) is 16.5. The van der Waals surface area contributed by atoms with Crippen molar-refractivity contribution >= 4 is 23.6 Å². The van der Waals surface area contributed by atoms with Crippen LogP contribution < -0.4 is 14.8 Å². The largest absolute Gasteiger partial charge is 0.497 e. The van der Waals surface area contributed by atoms with E-state index in [0.717, 1.165) is 5.56 Å². The number of rotatable bonds is 6. The molecule has 0 aromatic heterocycles. The number of carbonyl (C=O) groups excluding carboxylic acids is 2. The highest BCUT2D eigenvalue weighted by atomic mass is 32.2. The van der Waals surface area contributed by atoms with Gasteiger partial charge in [0.15, 0.2) is 0 Å². The molecule has 1 saturated heterocycles. The van der Waals surface area contributed by atoms with E-state index in [1.807, 2.05) is 13.0 Å². The van der Waals surface area contributed by atoms with Crippen LogP contribution in [-0.2, 0) is 9.59 Å². The molecule has 1 fully saturated rings. The summed E-state index contributed by atoms with van der Waals surface area (Å²) in [6.07, 6.45) is 0. The molecule has 1 heterocycles. The van der Waals surface area contributed by atoms with Gasteiger partial charge in [0.1, 0.15) is 18.0 Å². The second-order valence-electron chi connectivity index (χ2n) is 4.97. The minimum atomic E-state index is -0.247. The normalized spacial score (nSPS) is 15.6. The molecule has 0 spiro atoms. The van der Waals surface area contributed by atoms with Gasteiger partial charge in [-0.2, -0.15) is 0 Å². The van der Waals surface area contributed by atoms with Crippen molar-refractivity contribution in [1.82, 2.24) is 10.2 Å². The topological polar surface area (TPSA) is 67.9 Å². The van der Waals surface area contributed by atoms with Crippen LogP contribution in [-0.4, -0.2) is 49.1 Å². The number of benzene rings is 1. The zero-order chi connectivity index (χ0) is 16.1. The van der Waals surface area contributed by atoms with Crippen LogP contribution in [0.2, 0.25) is 0 Å². The van der Waals surface area contributed by atoms with Crippen LogP contribution in [0, 0.1) is 0 Å². The van der Waals surface area contributed by atoms with Gasteiger partial charge in [-0.3, -0.25) is 9.59 Å². The Labute approximate surface area is 134 Å². The molecule has 0 aliphatic carbocycles. The Bertz CT molecular complexity index is 564. The van der Waals surface area contributed by atoms with E-state index in [-0.39, 0.29) is 24.4 Å². The Morgan fingerprint density at radius 1 is 1.41 bits per heavy atom. The van der Waals surface area contributed by atoms with E-state index >= 15 is 0 Å². The lowest BCUT2D eigenvalue weighted by Crippen LogP contribution is -2.39. The van der Waals surface area contributed by atoms with Crippen molar-refractivity contribution in [3.05, 3.63) is 23.8 Å². The van der Waals surface area contributed by atoms with Crippen molar-refractivity contribution in [3.8, 4) is 11.5 Å². The predicted octanol–water partition coefficient (Wildman–Crippen LogP) is 1.41. The summed E-state index contributed by atoms with van der Waals surface area (Å²) < 4.78 is 10.5. The van der Waals surface area contributed by atoms with Gasteiger partial charge in [-0.25, -0.2) is 0 Å². The first-order valence-corrected chi connectivity index (χ1v) is 8.07. The molecule has 0 unspecified atom stereocenters. The number of hydrogen-bond acceptors (Lipinski definition) is 5. The average Bonchev–Trinajstić information content (AvgIpc) is 2.91. The molecule has 1 aliphatic heterocycles. The lowest BCUT2D eigenvalue weighted by molar-refractivity contribution is -0.132. The van der Waals surface area contributed by atoms with Crippen molar-refractivity contribution in [2.75, 3.05) is 32.4 Å². The van der Waals surface area contributed by atoms with E-state index in [1.54, 1.807) is 31.3 Å². The van der Waals surface area contributed by atoms with Gasteiger partial charge in [0, 0.05) is 5.56 Å². The second kappa shape index (κ2) is 7.40. The summed E-state index contributed by atoms with van der Waals surface area (Å²) in [5.74, 6) is 2.22. The van der Waals surface area contributed by atoms with Gasteiger partial charge in [-0.15, -0.1) is 11.8 Å². The average molecular weight is 324 g/mol. The number of ether oxygens (including phenoxy) is 2. The van der Waals surface area contributed by atoms with E-state index in [4.69, 9.17) is 9.47 Å². The second-order valence-corrected chi connectivity index (χ2v) is 5.92. The summed E-state index contributed by atoms with van der Waals surface area (Å²) >= 11 is 1.52. The van der Waals surface area contributed by atoms with E-state index in [1.165, 1.54) is 11.8 Å². The molecule has 0 bridgehead atoms. The highest BCUT2D eigenvalue weighted by Gasteiger charge is 2.24. The van der Waals surface area contributed by atoms with Crippen LogP contribution in [0.4, 0.5) is 0 Å². The van der Waals surface area contributed by atoms with Crippen LogP contribution in [0.15, 0.2) is 18.2 Å². The summed E-state index contributed by atoms with van der Waals surface area (Å²) in [7, 11) is 3.17. The van der Waals surface area contributed by atoms with Crippen molar-refractivity contribution in [2.45, 2.75) is 13.0 Å². The Morgan fingerprint density at radius 2 is 2.18 bits per heavy atom. The zero-order valence-electron chi connectivity index (χ0n) is 12.9. The number of methoxy groups -OCH3 is 2. The van der Waals surface area contributed by atoms with Crippen LogP contribution >= 0.6 is 11.8 Å². The van der Waals surface area contributed by atoms with Crippen molar-refractivity contribution < 1.29 is 19.1 Å². The fourth-order valence-electron chi connectivity index (χ4n) is 2.26. The summed E-state index contributed by atoms with van der Waals surface area (Å²) in [6.45, 7) is 1.96. The van der Waals surface area contributed by atoms with Crippen LogP contribution in [0.25, 0.3) is 0 Å². The first-order chi connectivity index (χ1) is 10.5. The molecule has 7 heteroatoms. The van der Waals surface area contributed by atoms with Crippen LogP contribution in [0.3, 0.4) is 0 Å². The molecule has 1 atom stereocenters. The highest BCUT2D eigenvalue weighted by Crippen LogP contribution is 2.29. The van der Waals surface area contributed by atoms with Gasteiger partial charge >= 0.3 is 0 Å². The molecule has 2 rings (SSSR count). The van der Waals surface area contributed by atoms with Gasteiger partial charge in [0.2, 0.25) is 11.8 Å². The standard InChI is InChI=1S/C15H20N2O4S/c1-10(12-6-11(20-2)4-5-13(12)21-3)16-14(18)7-17-9-22-8-15(17)19/h4-6,10H,7-9H2,1-3H3,(H,16,18)/t10-/m0/s1. The summed E-state index contributed by atoms with van der Waals surface area (Å²) in [4.78, 5) is 25.2. The SMILES string of the molecule is COc1ccc(OC)c([C@H](C)NC(=O)CN2CSCC2=O)c1. The molecule has 0 radical (unpaired) electrons. The minimum Gasteiger partial charge on any atom is -0.497 e. The van der Waals surface area contributed by atoms with Gasteiger partial charge in [0.05, 0.1) is 31.9 Å². The molecule has 22 heavy (non-hydrogen) atoms. The molecule has 1 N–H and O–H groups in total. The monoisotopic (exact) mass is 324 g/mol. The number of thioether (sulfide) groups is 1. The fraction of sp³-hybridized carbons (Fsp3) is 0.467. The number of carbonyl (C=O) groups is 2. The van der Waals surface area contributed by atoms with Crippen molar-refractivity contribution in [1.29, 1.82) is 0 Å². The van der Waals surface area contributed by atoms with Gasteiger partial charge in [0.25, 0.3) is 0 Å². The molecule has 120 valence electrons. The minimum absolute atomic E-state index is 0.00626.